The summed E-state index contributed by atoms with van der Waals surface area (Å²) < 4.78 is 5.50. The van der Waals surface area contributed by atoms with Crippen molar-refractivity contribution in [2.24, 2.45) is 0 Å². The van der Waals surface area contributed by atoms with Gasteiger partial charge in [-0.1, -0.05) is 12.1 Å². The summed E-state index contributed by atoms with van der Waals surface area (Å²) in [7, 11) is 0. The highest BCUT2D eigenvalue weighted by atomic mass is 16.5. The van der Waals surface area contributed by atoms with Crippen LogP contribution >= 0.6 is 0 Å². The quantitative estimate of drug-likeness (QED) is 0.803. The molecular weight excluding hydrogens is 208 g/mol. The number of carbonyl (C=O) groups is 1. The molecule has 0 unspecified atom stereocenters. The van der Waals surface area contributed by atoms with Gasteiger partial charge in [0.05, 0.1) is 6.42 Å². The topological polar surface area (TPSA) is 66.8 Å². The van der Waals surface area contributed by atoms with Crippen LogP contribution in [0.15, 0.2) is 24.3 Å². The number of aliphatic carboxylic acids is 1. The smallest absolute Gasteiger partial charge is 0.306 e. The summed E-state index contributed by atoms with van der Waals surface area (Å²) in [5.41, 5.74) is -0.108. The van der Waals surface area contributed by atoms with E-state index in [1.807, 2.05) is 6.92 Å². The van der Waals surface area contributed by atoms with E-state index in [0.717, 1.165) is 5.56 Å². The normalized spacial score (nSPS) is 14.4. The molecule has 0 radical (unpaired) electrons. The second-order valence-corrected chi connectivity index (χ2v) is 3.78. The van der Waals surface area contributed by atoms with Crippen molar-refractivity contribution in [2.45, 2.75) is 25.9 Å². The molecule has 1 rings (SSSR count). The largest absolute Gasteiger partial charge is 0.508 e. The van der Waals surface area contributed by atoms with Gasteiger partial charge in [0, 0.05) is 6.61 Å². The van der Waals surface area contributed by atoms with Crippen LogP contribution in [0.1, 0.15) is 25.8 Å². The van der Waals surface area contributed by atoms with Crippen LogP contribution in [0, 0.1) is 0 Å². The van der Waals surface area contributed by atoms with Crippen LogP contribution in [0.25, 0.3) is 0 Å². The zero-order chi connectivity index (χ0) is 12.2. The number of hydrogen-bond donors (Lipinski definition) is 2. The molecule has 0 fully saturated rings. The predicted octanol–water partition coefficient (Wildman–Crippen LogP) is 2.12. The number of ether oxygens (including phenoxy) is 1. The van der Waals surface area contributed by atoms with Crippen molar-refractivity contribution in [3.63, 3.8) is 0 Å². The first-order chi connectivity index (χ1) is 7.48. The van der Waals surface area contributed by atoms with Gasteiger partial charge in [0.25, 0.3) is 0 Å². The summed E-state index contributed by atoms with van der Waals surface area (Å²) in [5.74, 6) is -0.762. The molecule has 88 valence electrons. The number of hydrogen-bond acceptors (Lipinski definition) is 3. The molecule has 0 bridgehead atoms. The van der Waals surface area contributed by atoms with Crippen molar-refractivity contribution < 1.29 is 19.7 Å². The first kappa shape index (κ1) is 12.5. The second-order valence-electron chi connectivity index (χ2n) is 3.78. The molecule has 1 aromatic carbocycles. The van der Waals surface area contributed by atoms with E-state index in [2.05, 4.69) is 0 Å². The maximum Gasteiger partial charge on any atom is 0.306 e. The van der Waals surface area contributed by atoms with Gasteiger partial charge in [-0.2, -0.15) is 0 Å². The molecule has 0 aliphatic carbocycles. The first-order valence-electron chi connectivity index (χ1n) is 5.13. The summed E-state index contributed by atoms with van der Waals surface area (Å²) in [5, 5.41) is 18.0. The van der Waals surface area contributed by atoms with Crippen LogP contribution in [0.5, 0.6) is 5.75 Å². The molecule has 0 saturated carbocycles. The predicted molar refractivity (Wildman–Crippen MR) is 59.3 cm³/mol. The molecule has 1 atom stereocenters. The van der Waals surface area contributed by atoms with Gasteiger partial charge in [-0.05, 0) is 31.5 Å². The minimum Gasteiger partial charge on any atom is -0.508 e. The summed E-state index contributed by atoms with van der Waals surface area (Å²) in [6, 6.07) is 6.39. The summed E-state index contributed by atoms with van der Waals surface area (Å²) >= 11 is 0. The van der Waals surface area contributed by atoms with Crippen molar-refractivity contribution in [2.75, 3.05) is 6.61 Å². The van der Waals surface area contributed by atoms with Gasteiger partial charge in [-0.3, -0.25) is 4.79 Å². The molecule has 0 aliphatic rings. The third kappa shape index (κ3) is 2.97. The van der Waals surface area contributed by atoms with Crippen LogP contribution in [0.4, 0.5) is 0 Å². The lowest BCUT2D eigenvalue weighted by molar-refractivity contribution is -0.145. The summed E-state index contributed by atoms with van der Waals surface area (Å²) in [6.45, 7) is 3.99. The molecule has 0 heterocycles. The Kier molecular flexibility index (Phi) is 3.90. The summed E-state index contributed by atoms with van der Waals surface area (Å²) in [6.07, 6.45) is -0.106. The number of benzene rings is 1. The van der Waals surface area contributed by atoms with Gasteiger partial charge in [0.1, 0.15) is 11.4 Å². The lowest BCUT2D eigenvalue weighted by Gasteiger charge is -2.28. The Balaban J connectivity index is 3.00. The van der Waals surface area contributed by atoms with Crippen LogP contribution in [0.2, 0.25) is 0 Å². The molecule has 2 N–H and O–H groups in total. The van der Waals surface area contributed by atoms with Crippen LogP contribution in [-0.2, 0) is 15.1 Å². The minimum absolute atomic E-state index is 0.106. The Morgan fingerprint density at radius 2 is 1.94 bits per heavy atom. The van der Waals surface area contributed by atoms with Crippen molar-refractivity contribution in [1.82, 2.24) is 0 Å². The van der Waals surface area contributed by atoms with E-state index in [1.165, 1.54) is 12.1 Å². The van der Waals surface area contributed by atoms with Gasteiger partial charge in [-0.25, -0.2) is 0 Å². The van der Waals surface area contributed by atoms with Gasteiger partial charge in [0.2, 0.25) is 0 Å². The average Bonchev–Trinajstić information content (AvgIpc) is 2.17. The molecule has 16 heavy (non-hydrogen) atoms. The molecule has 0 spiro atoms. The number of phenols is 1. The van der Waals surface area contributed by atoms with Crippen molar-refractivity contribution in [3.05, 3.63) is 29.8 Å². The fraction of sp³-hybridized carbons (Fsp3) is 0.417. The van der Waals surface area contributed by atoms with Gasteiger partial charge in [-0.15, -0.1) is 0 Å². The van der Waals surface area contributed by atoms with Gasteiger partial charge < -0.3 is 14.9 Å². The zero-order valence-electron chi connectivity index (χ0n) is 9.43. The third-order valence-corrected chi connectivity index (χ3v) is 2.43. The monoisotopic (exact) mass is 224 g/mol. The number of carboxylic acid groups (broad SMARTS) is 1. The van der Waals surface area contributed by atoms with Crippen LogP contribution in [0.3, 0.4) is 0 Å². The van der Waals surface area contributed by atoms with Crippen LogP contribution in [-0.4, -0.2) is 22.8 Å². The van der Waals surface area contributed by atoms with E-state index >= 15 is 0 Å². The van der Waals surface area contributed by atoms with E-state index < -0.39 is 11.6 Å². The van der Waals surface area contributed by atoms with Crippen molar-refractivity contribution >= 4 is 5.97 Å². The zero-order valence-corrected chi connectivity index (χ0v) is 9.43. The first-order valence-corrected chi connectivity index (χ1v) is 5.13. The Labute approximate surface area is 94.5 Å². The third-order valence-electron chi connectivity index (χ3n) is 2.43. The molecule has 4 heteroatoms. The molecule has 4 nitrogen and oxygen atoms in total. The molecular formula is C12H16O4. The van der Waals surface area contributed by atoms with E-state index in [-0.39, 0.29) is 12.2 Å². The Hall–Kier alpha value is -1.55. The summed E-state index contributed by atoms with van der Waals surface area (Å²) in [4.78, 5) is 10.8. The highest BCUT2D eigenvalue weighted by molar-refractivity contribution is 5.68. The fourth-order valence-electron chi connectivity index (χ4n) is 1.66. The maximum absolute atomic E-state index is 10.8. The van der Waals surface area contributed by atoms with E-state index in [0.29, 0.717) is 6.61 Å². The SMILES string of the molecule is CCO[C@@](C)(CC(=O)O)c1ccc(O)cc1. The van der Waals surface area contributed by atoms with Gasteiger partial charge >= 0.3 is 5.97 Å². The number of carboxylic acids is 1. The van der Waals surface area contributed by atoms with E-state index in [4.69, 9.17) is 9.84 Å². The second kappa shape index (κ2) is 4.99. The highest BCUT2D eigenvalue weighted by Crippen LogP contribution is 2.30. The number of phenolic OH excluding ortho intramolecular Hbond substituents is 1. The lowest BCUT2D eigenvalue weighted by atomic mass is 9.92. The number of aromatic hydroxyl groups is 1. The maximum atomic E-state index is 10.8. The molecule has 0 saturated heterocycles. The van der Waals surface area contributed by atoms with Gasteiger partial charge in [0.15, 0.2) is 0 Å². The van der Waals surface area contributed by atoms with Crippen LogP contribution < -0.4 is 0 Å². The Bertz CT molecular complexity index is 358. The minimum atomic E-state index is -0.913. The lowest BCUT2D eigenvalue weighted by Crippen LogP contribution is -2.29. The van der Waals surface area contributed by atoms with Crippen molar-refractivity contribution in [3.8, 4) is 5.75 Å². The van der Waals surface area contributed by atoms with E-state index in [1.54, 1.807) is 19.1 Å². The van der Waals surface area contributed by atoms with Crippen molar-refractivity contribution in [1.29, 1.82) is 0 Å². The average molecular weight is 224 g/mol. The molecule has 1 aromatic rings. The Morgan fingerprint density at radius 1 is 1.38 bits per heavy atom. The number of rotatable bonds is 5. The molecule has 0 amide bonds. The molecule has 0 aliphatic heterocycles. The Morgan fingerprint density at radius 3 is 2.38 bits per heavy atom. The fourth-order valence-corrected chi connectivity index (χ4v) is 1.66. The molecule has 0 aromatic heterocycles. The standard InChI is InChI=1S/C12H16O4/c1-3-16-12(2,8-11(14)15)9-4-6-10(13)7-5-9/h4-7,13H,3,8H2,1-2H3,(H,14,15)/t12-/m0/s1. The van der Waals surface area contributed by atoms with E-state index in [9.17, 15) is 9.90 Å². The highest BCUT2D eigenvalue weighted by Gasteiger charge is 2.30.